The van der Waals surface area contributed by atoms with Gasteiger partial charge in [-0.25, -0.2) is 0 Å². The fourth-order valence-electron chi connectivity index (χ4n) is 4.22. The number of likely N-dealkylation sites (tertiary alicyclic amines) is 1. The smallest absolute Gasteiger partial charge is 0.228 e. The molecule has 104 valence electrons. The van der Waals surface area contributed by atoms with E-state index in [1.54, 1.807) is 0 Å². The molecule has 1 heterocycles. The van der Waals surface area contributed by atoms with Gasteiger partial charge in [-0.2, -0.15) is 0 Å². The van der Waals surface area contributed by atoms with Crippen molar-refractivity contribution in [1.29, 1.82) is 0 Å². The van der Waals surface area contributed by atoms with Crippen molar-refractivity contribution in [2.75, 3.05) is 13.1 Å². The Hall–Kier alpha value is -0.280. The lowest BCUT2D eigenvalue weighted by Gasteiger charge is -2.29. The first-order valence-corrected chi connectivity index (χ1v) is 7.15. The predicted molar refractivity (Wildman–Crippen MR) is 74.6 cm³/mol. The summed E-state index contributed by atoms with van der Waals surface area (Å²) in [4.78, 5) is 14.7. The molecule has 2 N–H and O–H groups in total. The second-order valence-electron chi connectivity index (χ2n) is 6.64. The van der Waals surface area contributed by atoms with Gasteiger partial charge in [0.15, 0.2) is 0 Å². The van der Waals surface area contributed by atoms with E-state index >= 15 is 0 Å². The molecule has 2 aliphatic carbocycles. The molecule has 3 fully saturated rings. The maximum absolute atomic E-state index is 12.6. The molecule has 2 saturated carbocycles. The number of carbonyl (C=O) groups excluding carboxylic acids is 1. The molecule has 3 aliphatic rings. The summed E-state index contributed by atoms with van der Waals surface area (Å²) in [5, 5.41) is 0. The van der Waals surface area contributed by atoms with Gasteiger partial charge in [0.2, 0.25) is 5.91 Å². The summed E-state index contributed by atoms with van der Waals surface area (Å²) in [6.45, 7) is 4.07. The molecular formula is C14H25ClN2O. The number of fused-ring (bicyclic) bond motifs is 1. The summed E-state index contributed by atoms with van der Waals surface area (Å²) < 4.78 is 0. The minimum atomic E-state index is -0.0528. The Morgan fingerprint density at radius 3 is 2.50 bits per heavy atom. The van der Waals surface area contributed by atoms with Crippen LogP contribution < -0.4 is 5.73 Å². The summed E-state index contributed by atoms with van der Waals surface area (Å²) in [5.41, 5.74) is 6.08. The first-order chi connectivity index (χ1) is 8.10. The van der Waals surface area contributed by atoms with Crippen molar-refractivity contribution in [3.05, 3.63) is 0 Å². The van der Waals surface area contributed by atoms with E-state index < -0.39 is 0 Å². The zero-order valence-electron chi connectivity index (χ0n) is 11.2. The summed E-state index contributed by atoms with van der Waals surface area (Å²) >= 11 is 0. The fourth-order valence-corrected chi connectivity index (χ4v) is 4.22. The molecule has 3 atom stereocenters. The van der Waals surface area contributed by atoms with Crippen molar-refractivity contribution in [1.82, 2.24) is 4.90 Å². The molecule has 1 saturated heterocycles. The SMILES string of the molecule is CC1(C(=O)N2CC3CCC(N)C3C2)CCCC1.Cl. The van der Waals surface area contributed by atoms with Gasteiger partial charge in [0.05, 0.1) is 0 Å². The van der Waals surface area contributed by atoms with Crippen LogP contribution in [0.4, 0.5) is 0 Å². The van der Waals surface area contributed by atoms with Crippen LogP contribution in [0.1, 0.15) is 45.4 Å². The van der Waals surface area contributed by atoms with Crippen molar-refractivity contribution in [3.63, 3.8) is 0 Å². The number of hydrogen-bond acceptors (Lipinski definition) is 2. The lowest BCUT2D eigenvalue weighted by Crippen LogP contribution is -2.41. The first kappa shape index (κ1) is 14.1. The van der Waals surface area contributed by atoms with Gasteiger partial charge in [-0.15, -0.1) is 12.4 Å². The molecule has 1 amide bonds. The van der Waals surface area contributed by atoms with E-state index in [2.05, 4.69) is 11.8 Å². The Morgan fingerprint density at radius 1 is 1.22 bits per heavy atom. The quantitative estimate of drug-likeness (QED) is 0.795. The van der Waals surface area contributed by atoms with Crippen LogP contribution in [-0.2, 0) is 4.79 Å². The topological polar surface area (TPSA) is 46.3 Å². The first-order valence-electron chi connectivity index (χ1n) is 7.15. The number of nitrogens with two attached hydrogens (primary N) is 1. The highest BCUT2D eigenvalue weighted by molar-refractivity contribution is 5.85. The van der Waals surface area contributed by atoms with E-state index in [9.17, 15) is 4.79 Å². The molecule has 3 rings (SSSR count). The van der Waals surface area contributed by atoms with Gasteiger partial charge in [0.25, 0.3) is 0 Å². The lowest BCUT2D eigenvalue weighted by atomic mass is 9.87. The van der Waals surface area contributed by atoms with Gasteiger partial charge in [0.1, 0.15) is 0 Å². The molecule has 1 aliphatic heterocycles. The van der Waals surface area contributed by atoms with Gasteiger partial charge < -0.3 is 10.6 Å². The number of halogens is 1. The Morgan fingerprint density at radius 2 is 1.89 bits per heavy atom. The molecule has 0 aromatic rings. The lowest BCUT2D eigenvalue weighted by molar-refractivity contribution is -0.140. The third-order valence-electron chi connectivity index (χ3n) is 5.42. The Bertz CT molecular complexity index is 328. The number of rotatable bonds is 1. The summed E-state index contributed by atoms with van der Waals surface area (Å²) in [5.74, 6) is 1.69. The van der Waals surface area contributed by atoms with Gasteiger partial charge in [-0.1, -0.05) is 19.8 Å². The monoisotopic (exact) mass is 272 g/mol. The van der Waals surface area contributed by atoms with E-state index in [0.29, 0.717) is 23.8 Å². The molecule has 0 aromatic heterocycles. The van der Waals surface area contributed by atoms with Crippen LogP contribution in [0.2, 0.25) is 0 Å². The molecule has 0 aromatic carbocycles. The summed E-state index contributed by atoms with van der Waals surface area (Å²) in [6.07, 6.45) is 7.01. The van der Waals surface area contributed by atoms with E-state index in [1.807, 2.05) is 0 Å². The maximum Gasteiger partial charge on any atom is 0.228 e. The number of hydrogen-bond donors (Lipinski definition) is 1. The molecule has 0 radical (unpaired) electrons. The van der Waals surface area contributed by atoms with Crippen LogP contribution >= 0.6 is 12.4 Å². The second kappa shape index (κ2) is 5.01. The van der Waals surface area contributed by atoms with Crippen LogP contribution in [0, 0.1) is 17.3 Å². The van der Waals surface area contributed by atoms with Crippen LogP contribution in [0.3, 0.4) is 0 Å². The molecule has 3 nitrogen and oxygen atoms in total. The van der Waals surface area contributed by atoms with Crippen molar-refractivity contribution in [2.24, 2.45) is 23.0 Å². The highest BCUT2D eigenvalue weighted by Gasteiger charge is 2.46. The zero-order valence-corrected chi connectivity index (χ0v) is 12.0. The van der Waals surface area contributed by atoms with Crippen LogP contribution in [0.5, 0.6) is 0 Å². The minimum Gasteiger partial charge on any atom is -0.342 e. The van der Waals surface area contributed by atoms with Crippen LogP contribution in [0.25, 0.3) is 0 Å². The second-order valence-corrected chi connectivity index (χ2v) is 6.64. The van der Waals surface area contributed by atoms with Crippen molar-refractivity contribution in [2.45, 2.75) is 51.5 Å². The molecule has 0 spiro atoms. The summed E-state index contributed by atoms with van der Waals surface area (Å²) in [6, 6.07) is 0.342. The predicted octanol–water partition coefficient (Wildman–Crippen LogP) is 2.18. The van der Waals surface area contributed by atoms with Gasteiger partial charge in [0, 0.05) is 24.5 Å². The van der Waals surface area contributed by atoms with Crippen LogP contribution in [-0.4, -0.2) is 29.9 Å². The largest absolute Gasteiger partial charge is 0.342 e. The molecule has 18 heavy (non-hydrogen) atoms. The van der Waals surface area contributed by atoms with Crippen molar-refractivity contribution in [3.8, 4) is 0 Å². The standard InChI is InChI=1S/C14H24N2O.ClH/c1-14(6-2-3-7-14)13(17)16-8-10-4-5-12(15)11(10)9-16;/h10-12H,2-9,15H2,1H3;1H. The van der Waals surface area contributed by atoms with E-state index in [1.165, 1.54) is 19.3 Å². The van der Waals surface area contributed by atoms with Crippen molar-refractivity contribution < 1.29 is 4.79 Å². The van der Waals surface area contributed by atoms with E-state index in [-0.39, 0.29) is 17.8 Å². The highest BCUT2D eigenvalue weighted by atomic mass is 35.5. The maximum atomic E-state index is 12.6. The normalized spacial score (nSPS) is 37.4. The Balaban J connectivity index is 0.00000120. The Kier molecular flexibility index (Phi) is 3.93. The molecule has 3 unspecified atom stereocenters. The van der Waals surface area contributed by atoms with E-state index in [4.69, 9.17) is 5.73 Å². The van der Waals surface area contributed by atoms with Crippen molar-refractivity contribution >= 4 is 18.3 Å². The molecule has 0 bridgehead atoms. The average molecular weight is 273 g/mol. The third-order valence-corrected chi connectivity index (χ3v) is 5.42. The van der Waals surface area contributed by atoms with Crippen LogP contribution in [0.15, 0.2) is 0 Å². The average Bonchev–Trinajstić information content (AvgIpc) is 2.97. The zero-order chi connectivity index (χ0) is 12.0. The number of carbonyl (C=O) groups is 1. The van der Waals surface area contributed by atoms with Gasteiger partial charge in [-0.05, 0) is 37.5 Å². The minimum absolute atomic E-state index is 0. The summed E-state index contributed by atoms with van der Waals surface area (Å²) in [7, 11) is 0. The van der Waals surface area contributed by atoms with Gasteiger partial charge >= 0.3 is 0 Å². The number of amides is 1. The third kappa shape index (κ3) is 2.16. The highest BCUT2D eigenvalue weighted by Crippen LogP contribution is 2.43. The molecular weight excluding hydrogens is 248 g/mol. The fraction of sp³-hybridized carbons (Fsp3) is 0.929. The van der Waals surface area contributed by atoms with E-state index in [0.717, 1.165) is 32.4 Å². The number of nitrogens with zero attached hydrogens (tertiary/aromatic N) is 1. The molecule has 4 heteroatoms. The Labute approximate surface area is 116 Å². The van der Waals surface area contributed by atoms with Gasteiger partial charge in [-0.3, -0.25) is 4.79 Å².